The minimum atomic E-state index is -0.608. The second-order valence-corrected chi connectivity index (χ2v) is 6.89. The third-order valence-electron chi connectivity index (χ3n) is 4.98. The van der Waals surface area contributed by atoms with Crippen LogP contribution < -0.4 is 5.56 Å². The highest BCUT2D eigenvalue weighted by molar-refractivity contribution is 6.00. The number of aromatic nitrogens is 2. The van der Waals surface area contributed by atoms with Crippen molar-refractivity contribution in [2.75, 3.05) is 6.61 Å². The predicted molar refractivity (Wildman–Crippen MR) is 105 cm³/mol. The van der Waals surface area contributed by atoms with Gasteiger partial charge in [-0.3, -0.25) is 14.2 Å². The van der Waals surface area contributed by atoms with Crippen molar-refractivity contribution in [1.29, 1.82) is 0 Å². The molecule has 2 heterocycles. The summed E-state index contributed by atoms with van der Waals surface area (Å²) in [6.07, 6.45) is 3.80. The number of ether oxygens (including phenoxy) is 1. The molecule has 0 spiro atoms. The summed E-state index contributed by atoms with van der Waals surface area (Å²) in [6.45, 7) is 0.351. The number of ketones is 1. The van der Waals surface area contributed by atoms with E-state index in [0.717, 1.165) is 31.5 Å². The Hall–Kier alpha value is -3.28. The van der Waals surface area contributed by atoms with Gasteiger partial charge in [0.25, 0.3) is 5.56 Å². The molecule has 0 radical (unpaired) electrons. The number of rotatable bonds is 4. The average molecular weight is 376 g/mol. The lowest BCUT2D eigenvalue weighted by atomic mass is 10.1. The summed E-state index contributed by atoms with van der Waals surface area (Å²) in [4.78, 5) is 41.8. The SMILES string of the molecule is O=C(COC(=O)c1ccc2c(=O)n3c(nc2c1)CCCCC3)c1ccccc1. The average Bonchev–Trinajstić information content (AvgIpc) is 2.98. The molecule has 0 amide bonds. The van der Waals surface area contributed by atoms with E-state index in [2.05, 4.69) is 4.98 Å². The van der Waals surface area contributed by atoms with Crippen molar-refractivity contribution >= 4 is 22.7 Å². The Kier molecular flexibility index (Phi) is 5.02. The fraction of sp³-hybridized carbons (Fsp3) is 0.273. The smallest absolute Gasteiger partial charge is 0.338 e. The third-order valence-corrected chi connectivity index (χ3v) is 4.98. The van der Waals surface area contributed by atoms with E-state index in [1.165, 1.54) is 0 Å². The molecule has 0 aliphatic carbocycles. The molecule has 1 aliphatic rings. The molecule has 0 fully saturated rings. The highest BCUT2D eigenvalue weighted by Crippen LogP contribution is 2.17. The highest BCUT2D eigenvalue weighted by atomic mass is 16.5. The summed E-state index contributed by atoms with van der Waals surface area (Å²) >= 11 is 0. The van der Waals surface area contributed by atoms with Crippen LogP contribution in [-0.2, 0) is 17.7 Å². The minimum Gasteiger partial charge on any atom is -0.454 e. The molecular formula is C22H20N2O4. The molecule has 142 valence electrons. The molecule has 28 heavy (non-hydrogen) atoms. The number of fused-ring (bicyclic) bond motifs is 2. The summed E-state index contributed by atoms with van der Waals surface area (Å²) < 4.78 is 6.90. The number of aryl methyl sites for hydroxylation is 1. The van der Waals surface area contributed by atoms with Crippen LogP contribution in [0.25, 0.3) is 10.9 Å². The van der Waals surface area contributed by atoms with E-state index in [1.54, 1.807) is 47.0 Å². The van der Waals surface area contributed by atoms with Crippen LogP contribution >= 0.6 is 0 Å². The van der Waals surface area contributed by atoms with Crippen LogP contribution in [0.15, 0.2) is 53.3 Å². The van der Waals surface area contributed by atoms with E-state index in [4.69, 9.17) is 4.74 Å². The molecule has 4 rings (SSSR count). The maximum absolute atomic E-state index is 12.7. The monoisotopic (exact) mass is 376 g/mol. The Bertz CT molecular complexity index is 1100. The van der Waals surface area contributed by atoms with E-state index in [-0.39, 0.29) is 23.5 Å². The van der Waals surface area contributed by atoms with Gasteiger partial charge in [0.1, 0.15) is 5.82 Å². The molecule has 1 aromatic heterocycles. The molecule has 0 atom stereocenters. The van der Waals surface area contributed by atoms with Crippen LogP contribution in [0.5, 0.6) is 0 Å². The van der Waals surface area contributed by atoms with Crippen molar-refractivity contribution in [2.45, 2.75) is 32.2 Å². The van der Waals surface area contributed by atoms with Crippen LogP contribution in [0.2, 0.25) is 0 Å². The van der Waals surface area contributed by atoms with Crippen molar-refractivity contribution in [1.82, 2.24) is 9.55 Å². The molecule has 0 saturated heterocycles. The zero-order valence-electron chi connectivity index (χ0n) is 15.4. The van der Waals surface area contributed by atoms with Gasteiger partial charge in [-0.05, 0) is 31.0 Å². The van der Waals surface area contributed by atoms with Gasteiger partial charge in [-0.1, -0.05) is 36.8 Å². The van der Waals surface area contributed by atoms with Gasteiger partial charge in [0, 0.05) is 18.5 Å². The maximum atomic E-state index is 12.7. The zero-order valence-corrected chi connectivity index (χ0v) is 15.4. The largest absolute Gasteiger partial charge is 0.454 e. The van der Waals surface area contributed by atoms with Gasteiger partial charge in [-0.15, -0.1) is 0 Å². The number of nitrogens with zero attached hydrogens (tertiary/aromatic N) is 2. The number of hydrogen-bond acceptors (Lipinski definition) is 5. The summed E-state index contributed by atoms with van der Waals surface area (Å²) in [5, 5.41) is 0.488. The molecule has 3 aromatic rings. The number of carbonyl (C=O) groups excluding carboxylic acids is 2. The van der Waals surface area contributed by atoms with E-state index in [1.807, 2.05) is 6.07 Å². The molecule has 0 saturated carbocycles. The first-order chi connectivity index (χ1) is 13.6. The molecule has 0 unspecified atom stereocenters. The molecule has 0 N–H and O–H groups in total. The van der Waals surface area contributed by atoms with Gasteiger partial charge in [0.2, 0.25) is 0 Å². The first-order valence-electron chi connectivity index (χ1n) is 9.42. The lowest BCUT2D eigenvalue weighted by molar-refractivity contribution is 0.0475. The van der Waals surface area contributed by atoms with Gasteiger partial charge in [-0.2, -0.15) is 0 Å². The van der Waals surface area contributed by atoms with E-state index in [9.17, 15) is 14.4 Å². The van der Waals surface area contributed by atoms with Crippen molar-refractivity contribution in [3.05, 3.63) is 75.8 Å². The van der Waals surface area contributed by atoms with E-state index < -0.39 is 5.97 Å². The number of hydrogen-bond donors (Lipinski definition) is 0. The Morgan fingerprint density at radius 1 is 1.00 bits per heavy atom. The molecule has 6 nitrogen and oxygen atoms in total. The quantitative estimate of drug-likeness (QED) is 0.516. The summed E-state index contributed by atoms with van der Waals surface area (Å²) in [6, 6.07) is 13.4. The number of Topliss-reactive ketones (excluding diaryl/α,β-unsaturated/α-hetero) is 1. The predicted octanol–water partition coefficient (Wildman–Crippen LogP) is 3.16. The first kappa shape index (κ1) is 18.1. The van der Waals surface area contributed by atoms with Crippen LogP contribution in [0.4, 0.5) is 0 Å². The lowest BCUT2D eigenvalue weighted by Crippen LogP contribution is -2.24. The topological polar surface area (TPSA) is 78.3 Å². The van der Waals surface area contributed by atoms with Crippen LogP contribution in [0, 0.1) is 0 Å². The second kappa shape index (κ2) is 7.76. The van der Waals surface area contributed by atoms with Gasteiger partial charge < -0.3 is 4.74 Å². The Morgan fingerprint density at radius 3 is 2.64 bits per heavy atom. The van der Waals surface area contributed by atoms with Crippen LogP contribution in [0.3, 0.4) is 0 Å². The third kappa shape index (κ3) is 3.58. The molecule has 2 aromatic carbocycles. The Morgan fingerprint density at radius 2 is 1.82 bits per heavy atom. The van der Waals surface area contributed by atoms with Gasteiger partial charge in [-0.25, -0.2) is 9.78 Å². The number of carbonyl (C=O) groups is 2. The van der Waals surface area contributed by atoms with Gasteiger partial charge in [0.05, 0.1) is 16.5 Å². The van der Waals surface area contributed by atoms with Crippen LogP contribution in [-0.4, -0.2) is 27.9 Å². The van der Waals surface area contributed by atoms with Crippen molar-refractivity contribution in [3.8, 4) is 0 Å². The second-order valence-electron chi connectivity index (χ2n) is 6.89. The molecular weight excluding hydrogens is 356 g/mol. The van der Waals surface area contributed by atoms with Crippen molar-refractivity contribution in [3.63, 3.8) is 0 Å². The highest BCUT2D eigenvalue weighted by Gasteiger charge is 2.16. The van der Waals surface area contributed by atoms with Crippen molar-refractivity contribution < 1.29 is 14.3 Å². The standard InChI is InChI=1S/C22H20N2O4/c25-19(15-7-3-1-4-8-15)14-28-22(27)16-10-11-17-18(13-16)23-20-9-5-2-6-12-24(20)21(17)26/h1,3-4,7-8,10-11,13H,2,5-6,9,12,14H2. The van der Waals surface area contributed by atoms with E-state index in [0.29, 0.717) is 23.0 Å². The normalized spacial score (nSPS) is 13.6. The van der Waals surface area contributed by atoms with Gasteiger partial charge >= 0.3 is 5.97 Å². The van der Waals surface area contributed by atoms with Crippen molar-refractivity contribution in [2.24, 2.45) is 0 Å². The molecule has 6 heteroatoms. The fourth-order valence-electron chi connectivity index (χ4n) is 3.47. The zero-order chi connectivity index (χ0) is 19.5. The first-order valence-corrected chi connectivity index (χ1v) is 9.42. The van der Waals surface area contributed by atoms with Crippen LogP contribution in [0.1, 0.15) is 45.8 Å². The number of benzene rings is 2. The van der Waals surface area contributed by atoms with Gasteiger partial charge in [0.15, 0.2) is 12.4 Å². The lowest BCUT2D eigenvalue weighted by Gasteiger charge is -2.11. The summed E-state index contributed by atoms with van der Waals surface area (Å²) in [5.74, 6) is -0.112. The molecule has 1 aliphatic heterocycles. The van der Waals surface area contributed by atoms with E-state index >= 15 is 0 Å². The Labute approximate surface area is 161 Å². The summed E-state index contributed by atoms with van der Waals surface area (Å²) in [5.41, 5.74) is 1.19. The Balaban J connectivity index is 1.56. The molecule has 0 bridgehead atoms. The summed E-state index contributed by atoms with van der Waals surface area (Å²) in [7, 11) is 0. The minimum absolute atomic E-state index is 0.0685. The number of esters is 1. The maximum Gasteiger partial charge on any atom is 0.338 e. The fourth-order valence-corrected chi connectivity index (χ4v) is 3.47.